The Hall–Kier alpha value is -0.830. The summed E-state index contributed by atoms with van der Waals surface area (Å²) in [6, 6.07) is 0. The van der Waals surface area contributed by atoms with Crippen molar-refractivity contribution in [2.24, 2.45) is 0 Å². The van der Waals surface area contributed by atoms with Crippen molar-refractivity contribution < 1.29 is 9.53 Å². The van der Waals surface area contributed by atoms with Crippen molar-refractivity contribution in [3.8, 4) is 0 Å². The number of carbonyl (C=O) groups is 1. The molecule has 0 heterocycles. The standard InChI is InChI=1S/C14H27NO2/c1-4-5-6-7-8-9-10-11-14(16)17-13-12-15(2)3/h10-11H,4-9,12-13H2,1-3H3/b11-10+. The molecule has 100 valence electrons. The van der Waals surface area contributed by atoms with Crippen LogP contribution in [0.3, 0.4) is 0 Å². The molecule has 17 heavy (non-hydrogen) atoms. The molecule has 0 spiro atoms. The lowest BCUT2D eigenvalue weighted by Crippen LogP contribution is -2.19. The second kappa shape index (κ2) is 11.6. The largest absolute Gasteiger partial charge is 0.461 e. The van der Waals surface area contributed by atoms with Gasteiger partial charge in [-0.3, -0.25) is 0 Å². The monoisotopic (exact) mass is 241 g/mol. The lowest BCUT2D eigenvalue weighted by molar-refractivity contribution is -0.138. The van der Waals surface area contributed by atoms with E-state index in [0.29, 0.717) is 6.61 Å². The van der Waals surface area contributed by atoms with E-state index in [0.717, 1.165) is 13.0 Å². The fourth-order valence-corrected chi connectivity index (χ4v) is 1.42. The average Bonchev–Trinajstić information content (AvgIpc) is 2.27. The Balaban J connectivity index is 3.34. The topological polar surface area (TPSA) is 29.5 Å². The van der Waals surface area contributed by atoms with Crippen LogP contribution in [-0.4, -0.2) is 38.1 Å². The first-order chi connectivity index (χ1) is 8.16. The quantitative estimate of drug-likeness (QED) is 0.334. The Bertz CT molecular complexity index is 212. The normalized spacial score (nSPS) is 11.3. The van der Waals surface area contributed by atoms with Crippen LogP contribution < -0.4 is 0 Å². The zero-order valence-electron chi connectivity index (χ0n) is 11.6. The number of hydrogen-bond donors (Lipinski definition) is 0. The second-order valence-corrected chi connectivity index (χ2v) is 4.58. The van der Waals surface area contributed by atoms with E-state index in [-0.39, 0.29) is 5.97 Å². The molecule has 0 fully saturated rings. The van der Waals surface area contributed by atoms with Gasteiger partial charge in [-0.15, -0.1) is 0 Å². The van der Waals surface area contributed by atoms with Crippen molar-refractivity contribution in [1.82, 2.24) is 4.90 Å². The number of likely N-dealkylation sites (N-methyl/N-ethyl adjacent to an activating group) is 1. The number of rotatable bonds is 10. The van der Waals surface area contributed by atoms with Crippen LogP contribution in [0, 0.1) is 0 Å². The Morgan fingerprint density at radius 2 is 1.88 bits per heavy atom. The smallest absolute Gasteiger partial charge is 0.330 e. The fraction of sp³-hybridized carbons (Fsp3) is 0.786. The van der Waals surface area contributed by atoms with E-state index >= 15 is 0 Å². The summed E-state index contributed by atoms with van der Waals surface area (Å²) in [5.41, 5.74) is 0. The summed E-state index contributed by atoms with van der Waals surface area (Å²) in [5, 5.41) is 0. The summed E-state index contributed by atoms with van der Waals surface area (Å²) in [7, 11) is 3.92. The molecule has 0 amide bonds. The Kier molecular flexibility index (Phi) is 11.1. The van der Waals surface area contributed by atoms with Crippen LogP contribution in [0.2, 0.25) is 0 Å². The number of hydrogen-bond acceptors (Lipinski definition) is 3. The van der Waals surface area contributed by atoms with E-state index in [2.05, 4.69) is 6.92 Å². The Morgan fingerprint density at radius 3 is 2.53 bits per heavy atom. The number of ether oxygens (including phenoxy) is 1. The molecule has 0 aromatic heterocycles. The van der Waals surface area contributed by atoms with Crippen molar-refractivity contribution in [2.45, 2.75) is 45.4 Å². The van der Waals surface area contributed by atoms with Crippen LogP contribution in [0.5, 0.6) is 0 Å². The fourth-order valence-electron chi connectivity index (χ4n) is 1.42. The molecule has 0 aliphatic heterocycles. The Labute approximate surface area is 106 Å². The second-order valence-electron chi connectivity index (χ2n) is 4.58. The van der Waals surface area contributed by atoms with E-state index in [1.165, 1.54) is 32.1 Å². The maximum atomic E-state index is 11.2. The number of carbonyl (C=O) groups excluding carboxylic acids is 1. The number of allylic oxidation sites excluding steroid dienone is 1. The van der Waals surface area contributed by atoms with Gasteiger partial charge in [-0.1, -0.05) is 38.7 Å². The van der Waals surface area contributed by atoms with Crippen LogP contribution in [0.4, 0.5) is 0 Å². The summed E-state index contributed by atoms with van der Waals surface area (Å²) in [6.45, 7) is 3.45. The van der Waals surface area contributed by atoms with Crippen molar-refractivity contribution in [2.75, 3.05) is 27.2 Å². The highest BCUT2D eigenvalue weighted by atomic mass is 16.5. The minimum absolute atomic E-state index is 0.222. The highest BCUT2D eigenvalue weighted by molar-refractivity contribution is 5.81. The van der Waals surface area contributed by atoms with Crippen LogP contribution in [0.25, 0.3) is 0 Å². The van der Waals surface area contributed by atoms with Crippen LogP contribution >= 0.6 is 0 Å². The average molecular weight is 241 g/mol. The molecule has 0 saturated carbocycles. The zero-order valence-corrected chi connectivity index (χ0v) is 11.6. The predicted molar refractivity (Wildman–Crippen MR) is 72.0 cm³/mol. The van der Waals surface area contributed by atoms with E-state index in [9.17, 15) is 4.79 Å². The van der Waals surface area contributed by atoms with Crippen molar-refractivity contribution >= 4 is 5.97 Å². The summed E-state index contributed by atoms with van der Waals surface area (Å²) in [4.78, 5) is 13.2. The third-order valence-electron chi connectivity index (χ3n) is 2.51. The van der Waals surface area contributed by atoms with Gasteiger partial charge in [-0.25, -0.2) is 4.79 Å². The van der Waals surface area contributed by atoms with Gasteiger partial charge < -0.3 is 9.64 Å². The van der Waals surface area contributed by atoms with Gasteiger partial charge in [0, 0.05) is 12.6 Å². The molecule has 0 aromatic rings. The summed E-state index contributed by atoms with van der Waals surface area (Å²) in [6.07, 6.45) is 10.8. The predicted octanol–water partition coefficient (Wildman–Crippen LogP) is 3.01. The van der Waals surface area contributed by atoms with Gasteiger partial charge in [0.05, 0.1) is 0 Å². The summed E-state index contributed by atoms with van der Waals surface area (Å²) >= 11 is 0. The SMILES string of the molecule is CCCCCCC/C=C/C(=O)OCCN(C)C. The molecule has 0 aliphatic rings. The van der Waals surface area contributed by atoms with Gasteiger partial charge in [-0.2, -0.15) is 0 Å². The Morgan fingerprint density at radius 1 is 1.18 bits per heavy atom. The lowest BCUT2D eigenvalue weighted by atomic mass is 10.1. The first kappa shape index (κ1) is 16.2. The molecule has 0 radical (unpaired) electrons. The lowest BCUT2D eigenvalue weighted by Gasteiger charge is -2.08. The van der Waals surface area contributed by atoms with Crippen LogP contribution in [0.15, 0.2) is 12.2 Å². The number of unbranched alkanes of at least 4 members (excludes halogenated alkanes) is 5. The van der Waals surface area contributed by atoms with Gasteiger partial charge >= 0.3 is 5.97 Å². The number of nitrogens with zero attached hydrogens (tertiary/aromatic N) is 1. The molecule has 0 saturated heterocycles. The first-order valence-electron chi connectivity index (χ1n) is 6.64. The molecule has 0 aliphatic carbocycles. The van der Waals surface area contributed by atoms with Gasteiger partial charge in [0.2, 0.25) is 0 Å². The van der Waals surface area contributed by atoms with E-state index in [4.69, 9.17) is 4.74 Å². The van der Waals surface area contributed by atoms with E-state index in [1.54, 1.807) is 6.08 Å². The van der Waals surface area contributed by atoms with Gasteiger partial charge in [0.1, 0.15) is 6.61 Å². The minimum atomic E-state index is -0.222. The van der Waals surface area contributed by atoms with E-state index in [1.807, 2.05) is 25.1 Å². The molecule has 0 bridgehead atoms. The molecule has 0 atom stereocenters. The molecule has 0 rings (SSSR count). The third kappa shape index (κ3) is 13.1. The van der Waals surface area contributed by atoms with Gasteiger partial charge in [0.25, 0.3) is 0 Å². The van der Waals surface area contributed by atoms with Gasteiger partial charge in [-0.05, 0) is 26.9 Å². The highest BCUT2D eigenvalue weighted by Crippen LogP contribution is 2.05. The highest BCUT2D eigenvalue weighted by Gasteiger charge is 1.96. The summed E-state index contributed by atoms with van der Waals surface area (Å²) in [5.74, 6) is -0.222. The third-order valence-corrected chi connectivity index (χ3v) is 2.51. The van der Waals surface area contributed by atoms with Crippen LogP contribution in [0.1, 0.15) is 45.4 Å². The van der Waals surface area contributed by atoms with Crippen molar-refractivity contribution in [1.29, 1.82) is 0 Å². The molecule has 0 aromatic carbocycles. The first-order valence-corrected chi connectivity index (χ1v) is 6.64. The molecular formula is C14H27NO2. The molecule has 0 unspecified atom stereocenters. The maximum absolute atomic E-state index is 11.2. The van der Waals surface area contributed by atoms with Crippen LogP contribution in [-0.2, 0) is 9.53 Å². The molecule has 0 N–H and O–H groups in total. The van der Waals surface area contributed by atoms with Crippen molar-refractivity contribution in [3.63, 3.8) is 0 Å². The van der Waals surface area contributed by atoms with Crippen molar-refractivity contribution in [3.05, 3.63) is 12.2 Å². The minimum Gasteiger partial charge on any atom is -0.461 e. The number of esters is 1. The summed E-state index contributed by atoms with van der Waals surface area (Å²) < 4.78 is 5.03. The molecule has 3 heteroatoms. The van der Waals surface area contributed by atoms with E-state index < -0.39 is 0 Å². The van der Waals surface area contributed by atoms with Gasteiger partial charge in [0.15, 0.2) is 0 Å². The zero-order chi connectivity index (χ0) is 12.9. The molecular weight excluding hydrogens is 214 g/mol. The molecule has 3 nitrogen and oxygen atoms in total. The maximum Gasteiger partial charge on any atom is 0.330 e.